The SMILES string of the molecule is COc1ccc([C@@H]2SC(C)=Nc3c2c(=O)[nH]n3[C@@H]2CCOC(C)(C)C2)cc1O. The Bertz CT molecular complexity index is 992. The number of thioether (sulfide) groups is 1. The first-order valence-electron chi connectivity index (χ1n) is 9.36. The molecule has 3 heterocycles. The number of aromatic hydroxyl groups is 1. The van der Waals surface area contributed by atoms with E-state index in [1.807, 2.05) is 17.7 Å². The van der Waals surface area contributed by atoms with Crippen LogP contribution in [0.1, 0.15) is 56.0 Å². The third kappa shape index (κ3) is 3.35. The number of aromatic nitrogens is 2. The summed E-state index contributed by atoms with van der Waals surface area (Å²) in [5.74, 6) is 1.15. The van der Waals surface area contributed by atoms with Gasteiger partial charge in [-0.15, -0.1) is 0 Å². The highest BCUT2D eigenvalue weighted by Crippen LogP contribution is 2.46. The number of phenols is 1. The molecule has 0 amide bonds. The monoisotopic (exact) mass is 403 g/mol. The minimum atomic E-state index is -0.236. The van der Waals surface area contributed by atoms with Gasteiger partial charge < -0.3 is 14.6 Å². The molecular formula is C20H25N3O4S. The fourth-order valence-corrected chi connectivity index (χ4v) is 5.09. The number of methoxy groups -OCH3 is 1. The summed E-state index contributed by atoms with van der Waals surface area (Å²) in [4.78, 5) is 17.6. The molecule has 1 aromatic carbocycles. The van der Waals surface area contributed by atoms with Crippen LogP contribution >= 0.6 is 11.8 Å². The van der Waals surface area contributed by atoms with E-state index in [1.54, 1.807) is 12.1 Å². The van der Waals surface area contributed by atoms with Gasteiger partial charge in [-0.3, -0.25) is 14.6 Å². The average Bonchev–Trinajstić information content (AvgIpc) is 2.96. The lowest BCUT2D eigenvalue weighted by molar-refractivity contribution is -0.0705. The molecule has 0 spiro atoms. The number of H-pyrrole nitrogens is 1. The van der Waals surface area contributed by atoms with Crippen molar-refractivity contribution in [3.63, 3.8) is 0 Å². The van der Waals surface area contributed by atoms with Crippen molar-refractivity contribution < 1.29 is 14.6 Å². The van der Waals surface area contributed by atoms with E-state index < -0.39 is 0 Å². The van der Waals surface area contributed by atoms with Gasteiger partial charge in [-0.05, 0) is 51.3 Å². The maximum Gasteiger partial charge on any atom is 0.271 e. The molecule has 2 aliphatic rings. The molecule has 2 atom stereocenters. The van der Waals surface area contributed by atoms with Gasteiger partial charge in [0, 0.05) is 6.61 Å². The van der Waals surface area contributed by atoms with Crippen LogP contribution in [0.5, 0.6) is 11.5 Å². The fraction of sp³-hybridized carbons (Fsp3) is 0.500. The lowest BCUT2D eigenvalue weighted by Crippen LogP contribution is -2.35. The Morgan fingerprint density at radius 3 is 2.89 bits per heavy atom. The Labute approximate surface area is 167 Å². The topological polar surface area (TPSA) is 88.8 Å². The molecule has 0 aliphatic carbocycles. The number of aromatic amines is 1. The molecule has 7 nitrogen and oxygen atoms in total. The Morgan fingerprint density at radius 1 is 1.43 bits per heavy atom. The molecule has 1 saturated heterocycles. The van der Waals surface area contributed by atoms with Crippen molar-refractivity contribution in [3.8, 4) is 11.5 Å². The lowest BCUT2D eigenvalue weighted by Gasteiger charge is -2.36. The number of benzene rings is 1. The van der Waals surface area contributed by atoms with E-state index >= 15 is 0 Å². The lowest BCUT2D eigenvalue weighted by atomic mass is 9.94. The zero-order chi connectivity index (χ0) is 20.1. The van der Waals surface area contributed by atoms with Crippen LogP contribution in [-0.4, -0.2) is 39.2 Å². The van der Waals surface area contributed by atoms with E-state index in [0.29, 0.717) is 23.7 Å². The fourth-order valence-electron chi connectivity index (χ4n) is 4.00. The molecular weight excluding hydrogens is 378 g/mol. The van der Waals surface area contributed by atoms with E-state index in [1.165, 1.54) is 18.9 Å². The minimum absolute atomic E-state index is 0.0596. The summed E-state index contributed by atoms with van der Waals surface area (Å²) in [5, 5.41) is 13.9. The van der Waals surface area contributed by atoms with Crippen LogP contribution < -0.4 is 10.3 Å². The van der Waals surface area contributed by atoms with Crippen LogP contribution in [0.15, 0.2) is 28.0 Å². The molecule has 0 unspecified atom stereocenters. The molecule has 1 aromatic heterocycles. The van der Waals surface area contributed by atoms with Crippen molar-refractivity contribution in [1.82, 2.24) is 9.78 Å². The number of hydrogen-bond acceptors (Lipinski definition) is 6. The number of hydrogen-bond donors (Lipinski definition) is 2. The molecule has 0 bridgehead atoms. The molecule has 2 aromatic rings. The number of ether oxygens (including phenoxy) is 2. The van der Waals surface area contributed by atoms with Gasteiger partial charge in [0.15, 0.2) is 17.3 Å². The third-order valence-electron chi connectivity index (χ3n) is 5.29. The van der Waals surface area contributed by atoms with Crippen LogP contribution in [0, 0.1) is 0 Å². The van der Waals surface area contributed by atoms with Gasteiger partial charge in [0.1, 0.15) is 0 Å². The second-order valence-electron chi connectivity index (χ2n) is 7.86. The first kappa shape index (κ1) is 19.1. The van der Waals surface area contributed by atoms with Crippen molar-refractivity contribution in [3.05, 3.63) is 39.7 Å². The predicted octanol–water partition coefficient (Wildman–Crippen LogP) is 3.91. The first-order valence-corrected chi connectivity index (χ1v) is 10.2. The molecule has 2 aliphatic heterocycles. The number of phenolic OH excluding ortho intramolecular Hbond substituents is 1. The van der Waals surface area contributed by atoms with Gasteiger partial charge >= 0.3 is 0 Å². The van der Waals surface area contributed by atoms with E-state index in [2.05, 4.69) is 18.9 Å². The second-order valence-corrected chi connectivity index (χ2v) is 9.16. The van der Waals surface area contributed by atoms with Crippen LogP contribution in [0.3, 0.4) is 0 Å². The number of fused-ring (bicyclic) bond motifs is 1. The summed E-state index contributed by atoms with van der Waals surface area (Å²) in [6.45, 7) is 6.74. The minimum Gasteiger partial charge on any atom is -0.504 e. The molecule has 0 radical (unpaired) electrons. The van der Waals surface area contributed by atoms with Gasteiger partial charge in [0.25, 0.3) is 5.56 Å². The molecule has 28 heavy (non-hydrogen) atoms. The number of aliphatic imine (C=N–C) groups is 1. The van der Waals surface area contributed by atoms with Gasteiger partial charge in [0.05, 0.1) is 34.6 Å². The largest absolute Gasteiger partial charge is 0.504 e. The Kier molecular flexibility index (Phi) is 4.79. The van der Waals surface area contributed by atoms with E-state index in [-0.39, 0.29) is 28.2 Å². The van der Waals surface area contributed by atoms with Gasteiger partial charge in [-0.2, -0.15) is 0 Å². The number of nitrogens with zero attached hydrogens (tertiary/aromatic N) is 2. The summed E-state index contributed by atoms with van der Waals surface area (Å²) in [7, 11) is 1.51. The smallest absolute Gasteiger partial charge is 0.271 e. The Balaban J connectivity index is 1.78. The van der Waals surface area contributed by atoms with Crippen molar-refractivity contribution in [2.24, 2.45) is 4.99 Å². The standard InChI is InChI=1S/C20H25N3O4S/c1-11-21-18-16(17(28-11)12-5-6-15(26-4)14(24)9-12)19(25)22-23(18)13-7-8-27-20(2,3)10-13/h5-6,9,13,17,24H,7-8,10H2,1-4H3,(H,22,25)/t13-,17+/m1/s1. The molecule has 2 N–H and O–H groups in total. The molecule has 150 valence electrons. The maximum atomic E-state index is 12.9. The van der Waals surface area contributed by atoms with Crippen LogP contribution in [0.2, 0.25) is 0 Å². The van der Waals surface area contributed by atoms with E-state index in [4.69, 9.17) is 14.5 Å². The number of rotatable bonds is 3. The predicted molar refractivity (Wildman–Crippen MR) is 110 cm³/mol. The van der Waals surface area contributed by atoms with Gasteiger partial charge in [-0.1, -0.05) is 17.8 Å². The van der Waals surface area contributed by atoms with Crippen molar-refractivity contribution in [2.45, 2.75) is 50.5 Å². The van der Waals surface area contributed by atoms with Crippen molar-refractivity contribution in [2.75, 3.05) is 13.7 Å². The summed E-state index contributed by atoms with van der Waals surface area (Å²) < 4.78 is 12.9. The highest BCUT2D eigenvalue weighted by molar-refractivity contribution is 8.14. The van der Waals surface area contributed by atoms with Crippen LogP contribution in [0.4, 0.5) is 5.82 Å². The molecule has 4 rings (SSSR count). The van der Waals surface area contributed by atoms with Crippen LogP contribution in [-0.2, 0) is 4.74 Å². The molecule has 1 fully saturated rings. The highest BCUT2D eigenvalue weighted by atomic mass is 32.2. The Morgan fingerprint density at radius 2 is 2.21 bits per heavy atom. The maximum absolute atomic E-state index is 12.9. The number of nitrogens with one attached hydrogen (secondary N) is 1. The molecule has 8 heteroatoms. The Hall–Kier alpha value is -2.19. The zero-order valence-corrected chi connectivity index (χ0v) is 17.3. The van der Waals surface area contributed by atoms with Gasteiger partial charge in [0.2, 0.25) is 0 Å². The average molecular weight is 404 g/mol. The normalized spacial score (nSPS) is 23.8. The van der Waals surface area contributed by atoms with E-state index in [9.17, 15) is 9.90 Å². The summed E-state index contributed by atoms with van der Waals surface area (Å²) >= 11 is 1.52. The summed E-state index contributed by atoms with van der Waals surface area (Å²) in [5.41, 5.74) is 1.10. The quantitative estimate of drug-likeness (QED) is 0.811. The first-order chi connectivity index (χ1) is 13.3. The zero-order valence-electron chi connectivity index (χ0n) is 16.5. The summed E-state index contributed by atoms with van der Waals surface area (Å²) in [6, 6.07) is 5.39. The van der Waals surface area contributed by atoms with E-state index in [0.717, 1.165) is 23.4 Å². The summed E-state index contributed by atoms with van der Waals surface area (Å²) in [6.07, 6.45) is 1.63. The van der Waals surface area contributed by atoms with Crippen LogP contribution in [0.25, 0.3) is 0 Å². The second kappa shape index (κ2) is 7.00. The third-order valence-corrected chi connectivity index (χ3v) is 6.47. The van der Waals surface area contributed by atoms with Crippen molar-refractivity contribution in [1.29, 1.82) is 0 Å². The van der Waals surface area contributed by atoms with Gasteiger partial charge in [-0.25, -0.2) is 4.99 Å². The van der Waals surface area contributed by atoms with Crippen molar-refractivity contribution >= 4 is 22.6 Å². The highest BCUT2D eigenvalue weighted by Gasteiger charge is 2.36. The molecule has 0 saturated carbocycles.